The molecule has 20 heavy (non-hydrogen) atoms. The van der Waals surface area contributed by atoms with E-state index in [0.29, 0.717) is 37.8 Å². The van der Waals surface area contributed by atoms with Gasteiger partial charge in [-0.05, 0) is 37.5 Å². The normalized spacial score (nSPS) is 14.6. The second-order valence-electron chi connectivity index (χ2n) is 4.94. The second-order valence-corrected chi connectivity index (χ2v) is 4.94. The quantitative estimate of drug-likeness (QED) is 0.707. The highest BCUT2D eigenvalue weighted by atomic mass is 19.1. The Hall–Kier alpha value is -1.20. The van der Waals surface area contributed by atoms with E-state index in [1.54, 1.807) is 0 Å². The molecule has 0 atom stereocenters. The van der Waals surface area contributed by atoms with Crippen molar-refractivity contribution in [2.24, 2.45) is 0 Å². The van der Waals surface area contributed by atoms with Crippen molar-refractivity contribution in [3.05, 3.63) is 29.3 Å². The predicted molar refractivity (Wildman–Crippen MR) is 72.8 cm³/mol. The third-order valence-corrected chi connectivity index (χ3v) is 3.11. The van der Waals surface area contributed by atoms with E-state index in [1.807, 2.05) is 6.92 Å². The summed E-state index contributed by atoms with van der Waals surface area (Å²) in [5.41, 5.74) is 0.605. The molecule has 0 aliphatic heterocycles. The summed E-state index contributed by atoms with van der Waals surface area (Å²) in [6.07, 6.45) is 2.90. The van der Waals surface area contributed by atoms with Crippen LogP contribution in [0.25, 0.3) is 0 Å². The van der Waals surface area contributed by atoms with Crippen LogP contribution in [0.15, 0.2) is 12.1 Å². The number of rotatable bonds is 9. The highest BCUT2D eigenvalue weighted by Gasteiger charge is 2.20. The van der Waals surface area contributed by atoms with Crippen molar-refractivity contribution >= 4 is 0 Å². The molecule has 0 heterocycles. The van der Waals surface area contributed by atoms with E-state index in [9.17, 15) is 8.78 Å². The number of benzene rings is 1. The molecule has 1 saturated carbocycles. The number of nitrogens with one attached hydrogen (secondary N) is 1. The standard InChI is InChI=1S/C15H21F2NO2/c1-2-19-6-3-7-20-15-13(16)8-11(9-14(15)17)10-18-12-4-5-12/h8-9,12,18H,2-7,10H2,1H3. The molecule has 112 valence electrons. The van der Waals surface area contributed by atoms with Crippen LogP contribution < -0.4 is 10.1 Å². The summed E-state index contributed by atoms with van der Waals surface area (Å²) in [5.74, 6) is -1.58. The van der Waals surface area contributed by atoms with Crippen LogP contribution in [0.2, 0.25) is 0 Å². The number of ether oxygens (including phenoxy) is 2. The van der Waals surface area contributed by atoms with Crippen molar-refractivity contribution in [2.45, 2.75) is 38.8 Å². The van der Waals surface area contributed by atoms with Crippen molar-refractivity contribution in [3.63, 3.8) is 0 Å². The Kier molecular flexibility index (Phi) is 5.73. The molecule has 2 rings (SSSR count). The molecular weight excluding hydrogens is 264 g/mol. The van der Waals surface area contributed by atoms with Crippen LogP contribution in [0.1, 0.15) is 31.7 Å². The van der Waals surface area contributed by atoms with Gasteiger partial charge < -0.3 is 14.8 Å². The summed E-state index contributed by atoms with van der Waals surface area (Å²) in [5, 5.41) is 3.22. The fraction of sp³-hybridized carbons (Fsp3) is 0.600. The highest BCUT2D eigenvalue weighted by molar-refractivity contribution is 5.31. The van der Waals surface area contributed by atoms with Gasteiger partial charge in [0.05, 0.1) is 6.61 Å². The largest absolute Gasteiger partial charge is 0.488 e. The van der Waals surface area contributed by atoms with Gasteiger partial charge in [-0.3, -0.25) is 0 Å². The monoisotopic (exact) mass is 285 g/mol. The molecule has 0 radical (unpaired) electrons. The Balaban J connectivity index is 1.84. The minimum atomic E-state index is -0.644. The lowest BCUT2D eigenvalue weighted by molar-refractivity contribution is 0.129. The second kappa shape index (κ2) is 7.55. The fourth-order valence-electron chi connectivity index (χ4n) is 1.88. The Bertz CT molecular complexity index is 413. The lowest BCUT2D eigenvalue weighted by Crippen LogP contribution is -2.15. The van der Waals surface area contributed by atoms with Crippen LogP contribution in [-0.2, 0) is 11.3 Å². The third kappa shape index (κ3) is 4.72. The number of halogens is 2. The van der Waals surface area contributed by atoms with E-state index < -0.39 is 11.6 Å². The van der Waals surface area contributed by atoms with Crippen LogP contribution in [0, 0.1) is 11.6 Å². The van der Waals surface area contributed by atoms with Gasteiger partial charge in [-0.2, -0.15) is 0 Å². The molecule has 0 bridgehead atoms. The van der Waals surface area contributed by atoms with E-state index in [4.69, 9.17) is 9.47 Å². The number of hydrogen-bond donors (Lipinski definition) is 1. The Labute approximate surface area is 118 Å². The van der Waals surface area contributed by atoms with Crippen molar-refractivity contribution < 1.29 is 18.3 Å². The van der Waals surface area contributed by atoms with Gasteiger partial charge in [0.1, 0.15) is 0 Å². The zero-order valence-corrected chi connectivity index (χ0v) is 11.8. The van der Waals surface area contributed by atoms with E-state index in [2.05, 4.69) is 5.32 Å². The van der Waals surface area contributed by atoms with Crippen molar-refractivity contribution in [1.29, 1.82) is 0 Å². The van der Waals surface area contributed by atoms with Crippen LogP contribution in [0.3, 0.4) is 0 Å². The molecule has 1 aromatic rings. The summed E-state index contributed by atoms with van der Waals surface area (Å²) in [6.45, 7) is 3.79. The maximum Gasteiger partial charge on any atom is 0.190 e. The first-order valence-electron chi connectivity index (χ1n) is 7.12. The molecule has 1 fully saturated rings. The van der Waals surface area contributed by atoms with Gasteiger partial charge in [0, 0.05) is 32.2 Å². The molecule has 1 N–H and O–H groups in total. The third-order valence-electron chi connectivity index (χ3n) is 3.11. The molecule has 1 aliphatic rings. The molecule has 0 aromatic heterocycles. The lowest BCUT2D eigenvalue weighted by Gasteiger charge is -2.10. The smallest absolute Gasteiger partial charge is 0.190 e. The van der Waals surface area contributed by atoms with Crippen LogP contribution in [0.4, 0.5) is 8.78 Å². The minimum Gasteiger partial charge on any atom is -0.488 e. The van der Waals surface area contributed by atoms with Gasteiger partial charge in [-0.15, -0.1) is 0 Å². The summed E-state index contributed by atoms with van der Waals surface area (Å²) in [7, 11) is 0. The SMILES string of the molecule is CCOCCCOc1c(F)cc(CNC2CC2)cc1F. The molecule has 0 spiro atoms. The fourth-order valence-corrected chi connectivity index (χ4v) is 1.88. The first kappa shape index (κ1) is 15.2. The summed E-state index contributed by atoms with van der Waals surface area (Å²) in [6, 6.07) is 3.17. The molecule has 5 heteroatoms. The maximum atomic E-state index is 13.8. The molecule has 0 amide bonds. The van der Waals surface area contributed by atoms with Crippen LogP contribution >= 0.6 is 0 Å². The molecule has 1 aliphatic carbocycles. The van der Waals surface area contributed by atoms with Gasteiger partial charge in [-0.1, -0.05) is 0 Å². The van der Waals surface area contributed by atoms with E-state index in [0.717, 1.165) is 12.8 Å². The summed E-state index contributed by atoms with van der Waals surface area (Å²) >= 11 is 0. The molecular formula is C15H21F2NO2. The van der Waals surface area contributed by atoms with Gasteiger partial charge in [-0.25, -0.2) is 8.78 Å². The number of hydrogen-bond acceptors (Lipinski definition) is 3. The van der Waals surface area contributed by atoms with Gasteiger partial charge in [0.15, 0.2) is 17.4 Å². The topological polar surface area (TPSA) is 30.5 Å². The molecule has 1 aromatic carbocycles. The van der Waals surface area contributed by atoms with E-state index >= 15 is 0 Å². The lowest BCUT2D eigenvalue weighted by atomic mass is 10.2. The van der Waals surface area contributed by atoms with Crippen molar-refractivity contribution in [3.8, 4) is 5.75 Å². The predicted octanol–water partition coefficient (Wildman–Crippen LogP) is 3.02. The van der Waals surface area contributed by atoms with Crippen molar-refractivity contribution in [1.82, 2.24) is 5.32 Å². The molecule has 0 unspecified atom stereocenters. The minimum absolute atomic E-state index is 0.244. The highest BCUT2D eigenvalue weighted by Crippen LogP contribution is 2.24. The Morgan fingerprint density at radius 2 is 1.90 bits per heavy atom. The van der Waals surface area contributed by atoms with Gasteiger partial charge in [0.25, 0.3) is 0 Å². The average Bonchev–Trinajstić information content (AvgIpc) is 3.23. The van der Waals surface area contributed by atoms with Crippen LogP contribution in [0.5, 0.6) is 5.75 Å². The van der Waals surface area contributed by atoms with Crippen LogP contribution in [-0.4, -0.2) is 25.9 Å². The Morgan fingerprint density at radius 3 is 2.50 bits per heavy atom. The molecule has 0 saturated heterocycles. The first-order chi connectivity index (χ1) is 9.70. The zero-order chi connectivity index (χ0) is 14.4. The van der Waals surface area contributed by atoms with Gasteiger partial charge in [0.2, 0.25) is 0 Å². The van der Waals surface area contributed by atoms with E-state index in [1.165, 1.54) is 12.1 Å². The zero-order valence-electron chi connectivity index (χ0n) is 11.8. The maximum absolute atomic E-state index is 13.8. The average molecular weight is 285 g/mol. The molecule has 3 nitrogen and oxygen atoms in total. The van der Waals surface area contributed by atoms with Crippen molar-refractivity contribution in [2.75, 3.05) is 19.8 Å². The summed E-state index contributed by atoms with van der Waals surface area (Å²) < 4.78 is 37.9. The first-order valence-corrected chi connectivity index (χ1v) is 7.12. The summed E-state index contributed by atoms with van der Waals surface area (Å²) in [4.78, 5) is 0. The van der Waals surface area contributed by atoms with E-state index in [-0.39, 0.29) is 12.4 Å². The van der Waals surface area contributed by atoms with Gasteiger partial charge >= 0.3 is 0 Å². The Morgan fingerprint density at radius 1 is 1.20 bits per heavy atom.